The van der Waals surface area contributed by atoms with Crippen LogP contribution in [0, 0.1) is 5.92 Å². The number of rotatable bonds is 5. The summed E-state index contributed by atoms with van der Waals surface area (Å²) in [4.78, 5) is 0. The van der Waals surface area contributed by atoms with Gasteiger partial charge in [-0.15, -0.1) is 10.2 Å². The summed E-state index contributed by atoms with van der Waals surface area (Å²) in [6.45, 7) is 0.509. The van der Waals surface area contributed by atoms with E-state index in [1.54, 1.807) is 11.8 Å². The molecule has 2 aromatic rings. The van der Waals surface area contributed by atoms with E-state index in [9.17, 15) is 8.42 Å². The number of benzene rings is 1. The van der Waals surface area contributed by atoms with Crippen LogP contribution in [0.25, 0.3) is 0 Å². The molecule has 0 saturated carbocycles. The number of aromatic nitrogens is 3. The first kappa shape index (κ1) is 17.7. The summed E-state index contributed by atoms with van der Waals surface area (Å²) in [5.41, 5.74) is 0. The molecule has 0 N–H and O–H groups in total. The number of hydrogen-bond donors (Lipinski definition) is 0. The molecular weight excluding hydrogens is 374 g/mol. The van der Waals surface area contributed by atoms with E-state index < -0.39 is 9.84 Å². The van der Waals surface area contributed by atoms with Crippen molar-refractivity contribution in [2.24, 2.45) is 13.0 Å². The molecular formula is C17H21N3O4S2. The van der Waals surface area contributed by atoms with E-state index in [0.717, 1.165) is 22.5 Å². The lowest BCUT2D eigenvalue weighted by atomic mass is 10.1. The van der Waals surface area contributed by atoms with Crippen LogP contribution in [0.2, 0.25) is 0 Å². The van der Waals surface area contributed by atoms with Crippen LogP contribution in [0.15, 0.2) is 29.4 Å². The highest BCUT2D eigenvalue weighted by atomic mass is 32.2. The van der Waals surface area contributed by atoms with Gasteiger partial charge >= 0.3 is 0 Å². The standard InChI is InChI=1S/C17H21N3O4S2/c1-20-16(8-12-6-7-26(21,22)11-12)18-19-17(20)25-10-13-9-23-14-4-2-3-5-15(14)24-13/h2-5,12-13H,6-11H2,1H3/t12-,13+/m0/s1. The van der Waals surface area contributed by atoms with Crippen molar-refractivity contribution >= 4 is 21.6 Å². The van der Waals surface area contributed by atoms with Gasteiger partial charge in [0.1, 0.15) is 18.5 Å². The van der Waals surface area contributed by atoms with Crippen LogP contribution in [0.3, 0.4) is 0 Å². The lowest BCUT2D eigenvalue weighted by Gasteiger charge is -2.25. The third kappa shape index (κ3) is 3.83. The number of fused-ring (bicyclic) bond motifs is 1. The van der Waals surface area contributed by atoms with Gasteiger partial charge in [-0.2, -0.15) is 0 Å². The summed E-state index contributed by atoms with van der Waals surface area (Å²) in [5, 5.41) is 9.31. The number of nitrogens with zero attached hydrogens (tertiary/aromatic N) is 3. The summed E-state index contributed by atoms with van der Waals surface area (Å²) < 4.78 is 36.9. The van der Waals surface area contributed by atoms with Gasteiger partial charge in [-0.3, -0.25) is 0 Å². The summed E-state index contributed by atoms with van der Waals surface area (Å²) in [7, 11) is -0.939. The maximum absolute atomic E-state index is 11.6. The van der Waals surface area contributed by atoms with Crippen LogP contribution in [-0.2, 0) is 23.3 Å². The highest BCUT2D eigenvalue weighted by Crippen LogP contribution is 2.32. The highest BCUT2D eigenvalue weighted by molar-refractivity contribution is 7.99. The van der Waals surface area contributed by atoms with Gasteiger partial charge in [0.15, 0.2) is 26.5 Å². The molecule has 0 aliphatic carbocycles. The first-order valence-electron chi connectivity index (χ1n) is 8.60. The highest BCUT2D eigenvalue weighted by Gasteiger charge is 2.29. The minimum absolute atomic E-state index is 0.0463. The Kier molecular flexibility index (Phi) is 4.83. The van der Waals surface area contributed by atoms with Crippen molar-refractivity contribution < 1.29 is 17.9 Å². The number of thioether (sulfide) groups is 1. The molecule has 0 spiro atoms. The van der Waals surface area contributed by atoms with E-state index in [-0.39, 0.29) is 23.5 Å². The molecule has 0 bridgehead atoms. The SMILES string of the molecule is Cn1c(C[C@@H]2CCS(=O)(=O)C2)nnc1SC[C@H]1COc2ccccc2O1. The van der Waals surface area contributed by atoms with Gasteiger partial charge in [0, 0.05) is 19.2 Å². The summed E-state index contributed by atoms with van der Waals surface area (Å²) in [6.07, 6.45) is 1.32. The van der Waals surface area contributed by atoms with Crippen molar-refractivity contribution in [3.8, 4) is 11.5 Å². The van der Waals surface area contributed by atoms with Crippen LogP contribution in [-0.4, -0.2) is 53.2 Å². The summed E-state index contributed by atoms with van der Waals surface area (Å²) >= 11 is 1.57. The Labute approximate surface area is 157 Å². The molecule has 7 nitrogen and oxygen atoms in total. The van der Waals surface area contributed by atoms with Gasteiger partial charge in [0.05, 0.1) is 11.5 Å². The predicted molar refractivity (Wildman–Crippen MR) is 98.5 cm³/mol. The molecule has 4 rings (SSSR count). The molecule has 26 heavy (non-hydrogen) atoms. The smallest absolute Gasteiger partial charge is 0.191 e. The molecule has 2 atom stereocenters. The molecule has 2 aliphatic rings. The molecule has 1 aromatic heterocycles. The monoisotopic (exact) mass is 395 g/mol. The first-order valence-corrected chi connectivity index (χ1v) is 11.4. The fourth-order valence-electron chi connectivity index (χ4n) is 3.25. The van der Waals surface area contributed by atoms with E-state index in [2.05, 4.69) is 10.2 Å². The van der Waals surface area contributed by atoms with E-state index in [4.69, 9.17) is 9.47 Å². The minimum atomic E-state index is -2.86. The lowest BCUT2D eigenvalue weighted by molar-refractivity contribution is 0.107. The molecule has 9 heteroatoms. The molecule has 140 valence electrons. The topological polar surface area (TPSA) is 83.3 Å². The zero-order valence-corrected chi connectivity index (χ0v) is 16.1. The van der Waals surface area contributed by atoms with Crippen molar-refractivity contribution in [2.75, 3.05) is 23.9 Å². The zero-order valence-electron chi connectivity index (χ0n) is 14.5. The van der Waals surface area contributed by atoms with Crippen LogP contribution in [0.4, 0.5) is 0 Å². The fraction of sp³-hybridized carbons (Fsp3) is 0.529. The first-order chi connectivity index (χ1) is 12.5. The number of sulfone groups is 1. The maximum Gasteiger partial charge on any atom is 0.191 e. The van der Waals surface area contributed by atoms with Crippen molar-refractivity contribution in [1.82, 2.24) is 14.8 Å². The normalized spacial score (nSPS) is 23.9. The zero-order chi connectivity index (χ0) is 18.1. The van der Waals surface area contributed by atoms with Gasteiger partial charge in [0.25, 0.3) is 0 Å². The largest absolute Gasteiger partial charge is 0.486 e. The van der Waals surface area contributed by atoms with Gasteiger partial charge in [0.2, 0.25) is 0 Å². The minimum Gasteiger partial charge on any atom is -0.486 e. The molecule has 0 radical (unpaired) electrons. The molecule has 1 aromatic carbocycles. The Hall–Kier alpha value is -1.74. The van der Waals surface area contributed by atoms with Crippen molar-refractivity contribution in [3.63, 3.8) is 0 Å². The second-order valence-electron chi connectivity index (χ2n) is 6.74. The van der Waals surface area contributed by atoms with Crippen LogP contribution in [0.5, 0.6) is 11.5 Å². The Balaban J connectivity index is 1.34. The molecule has 2 aliphatic heterocycles. The Morgan fingerprint density at radius 1 is 1.27 bits per heavy atom. The van der Waals surface area contributed by atoms with E-state index in [1.165, 1.54) is 0 Å². The average Bonchev–Trinajstić information content (AvgIpc) is 3.15. The summed E-state index contributed by atoms with van der Waals surface area (Å²) in [5.74, 6) is 3.78. The van der Waals surface area contributed by atoms with Crippen LogP contribution >= 0.6 is 11.8 Å². The number of ether oxygens (including phenoxy) is 2. The number of para-hydroxylation sites is 2. The van der Waals surface area contributed by atoms with Crippen molar-refractivity contribution in [1.29, 1.82) is 0 Å². The van der Waals surface area contributed by atoms with Crippen molar-refractivity contribution in [3.05, 3.63) is 30.1 Å². The molecule has 3 heterocycles. The van der Waals surface area contributed by atoms with Crippen LogP contribution < -0.4 is 9.47 Å². The third-order valence-corrected chi connectivity index (χ3v) is 7.68. The fourth-order valence-corrected chi connectivity index (χ4v) is 6.01. The third-order valence-electron chi connectivity index (χ3n) is 4.69. The second kappa shape index (κ2) is 7.11. The van der Waals surface area contributed by atoms with Crippen molar-refractivity contribution in [2.45, 2.75) is 24.1 Å². The molecule has 0 amide bonds. The van der Waals surface area contributed by atoms with Gasteiger partial charge < -0.3 is 14.0 Å². The predicted octanol–water partition coefficient (Wildman–Crippen LogP) is 1.72. The summed E-state index contributed by atoms with van der Waals surface area (Å²) in [6, 6.07) is 7.66. The lowest BCUT2D eigenvalue weighted by Crippen LogP contribution is -2.31. The van der Waals surface area contributed by atoms with Gasteiger partial charge in [-0.1, -0.05) is 23.9 Å². The molecule has 1 saturated heterocycles. The maximum atomic E-state index is 11.6. The van der Waals surface area contributed by atoms with E-state index in [0.29, 0.717) is 25.2 Å². The second-order valence-corrected chi connectivity index (χ2v) is 9.96. The Bertz CT molecular complexity index is 897. The van der Waals surface area contributed by atoms with Crippen LogP contribution in [0.1, 0.15) is 12.2 Å². The molecule has 1 fully saturated rings. The Morgan fingerprint density at radius 2 is 2.08 bits per heavy atom. The van der Waals surface area contributed by atoms with E-state index in [1.807, 2.05) is 35.9 Å². The molecule has 0 unspecified atom stereocenters. The van der Waals surface area contributed by atoms with E-state index >= 15 is 0 Å². The number of hydrogen-bond acceptors (Lipinski definition) is 7. The Morgan fingerprint density at radius 3 is 2.85 bits per heavy atom. The quantitative estimate of drug-likeness (QED) is 0.713. The van der Waals surface area contributed by atoms with Gasteiger partial charge in [-0.05, 0) is 24.5 Å². The average molecular weight is 396 g/mol. The van der Waals surface area contributed by atoms with Gasteiger partial charge in [-0.25, -0.2) is 8.42 Å².